The average molecular weight is 586 g/mol. The van der Waals surface area contributed by atoms with Gasteiger partial charge in [-0.2, -0.15) is 39.5 Å². The van der Waals surface area contributed by atoms with Gasteiger partial charge in [0, 0.05) is 43.3 Å². The van der Waals surface area contributed by atoms with Gasteiger partial charge in [0.1, 0.15) is 6.04 Å². The van der Waals surface area contributed by atoms with E-state index in [4.69, 9.17) is 4.74 Å². The van der Waals surface area contributed by atoms with Crippen LogP contribution in [-0.2, 0) is 0 Å². The molecule has 0 aliphatic carbocycles. The van der Waals surface area contributed by atoms with E-state index < -0.39 is 61.7 Å². The number of nitrogens with zero attached hydrogens (tertiary/aromatic N) is 5. The predicted octanol–water partition coefficient (Wildman–Crippen LogP) is 6.02. The maximum absolute atomic E-state index is 14.3. The van der Waals surface area contributed by atoms with Crippen molar-refractivity contribution in [3.05, 3.63) is 42.1 Å². The number of ether oxygens (including phenoxy) is 1. The van der Waals surface area contributed by atoms with E-state index in [-0.39, 0.29) is 22.0 Å². The highest BCUT2D eigenvalue weighted by atomic mass is 19.4. The van der Waals surface area contributed by atoms with Gasteiger partial charge in [0.05, 0.1) is 18.5 Å². The number of amides is 2. The first-order valence-electron chi connectivity index (χ1n) is 11.6. The van der Waals surface area contributed by atoms with E-state index in [0.717, 1.165) is 19.2 Å². The van der Waals surface area contributed by atoms with Crippen molar-refractivity contribution >= 4 is 11.7 Å². The summed E-state index contributed by atoms with van der Waals surface area (Å²) in [6, 6.07) is -6.76. The first-order valence-corrected chi connectivity index (χ1v) is 11.6. The molecule has 3 aromatic heterocycles. The number of urea groups is 1. The van der Waals surface area contributed by atoms with Crippen LogP contribution in [0.25, 0.3) is 16.9 Å². The second-order valence-corrected chi connectivity index (χ2v) is 8.65. The first kappa shape index (κ1) is 30.7. The van der Waals surface area contributed by atoms with Crippen molar-refractivity contribution < 1.29 is 49.0 Å². The minimum absolute atomic E-state index is 0.0286. The topological polar surface area (TPSA) is 84.7 Å². The highest BCUT2D eigenvalue weighted by Gasteiger charge is 2.49. The van der Waals surface area contributed by atoms with Crippen LogP contribution in [0.15, 0.2) is 30.9 Å². The minimum Gasteiger partial charge on any atom is -0.478 e. The molecule has 220 valence electrons. The van der Waals surface area contributed by atoms with Gasteiger partial charge >= 0.3 is 24.6 Å². The highest BCUT2D eigenvalue weighted by Crippen LogP contribution is 2.39. The lowest BCUT2D eigenvalue weighted by atomic mass is 10.0. The Labute approximate surface area is 221 Å². The first-order chi connectivity index (χ1) is 18.5. The summed E-state index contributed by atoms with van der Waals surface area (Å²) in [6.45, 7) is 1.85. The third-order valence-corrected chi connectivity index (χ3v) is 5.85. The zero-order valence-electron chi connectivity index (χ0n) is 21.1. The molecular formula is C23H23F9N6O2. The fourth-order valence-electron chi connectivity index (χ4n) is 3.94. The Morgan fingerprint density at radius 1 is 1.10 bits per heavy atom. The molecule has 1 N–H and O–H groups in total. The summed E-state index contributed by atoms with van der Waals surface area (Å²) in [7, 11) is 1.31. The Bertz CT molecular complexity index is 1340. The number of hydrogen-bond acceptors (Lipinski definition) is 5. The van der Waals surface area contributed by atoms with Crippen molar-refractivity contribution in [1.29, 1.82) is 0 Å². The van der Waals surface area contributed by atoms with Gasteiger partial charge in [-0.1, -0.05) is 0 Å². The Morgan fingerprint density at radius 2 is 1.77 bits per heavy atom. The number of pyridine rings is 1. The highest BCUT2D eigenvalue weighted by molar-refractivity contribution is 5.75. The number of halogens is 9. The Morgan fingerprint density at radius 3 is 2.33 bits per heavy atom. The summed E-state index contributed by atoms with van der Waals surface area (Å²) in [6.07, 6.45) is -13.6. The Balaban J connectivity index is 2.03. The summed E-state index contributed by atoms with van der Waals surface area (Å²) in [4.78, 5) is 24.9. The maximum Gasteiger partial charge on any atom is 0.414 e. The molecule has 3 aromatic rings. The number of hydrogen-bond donors (Lipinski definition) is 1. The molecule has 0 bridgehead atoms. The molecule has 1 unspecified atom stereocenters. The third kappa shape index (κ3) is 7.04. The van der Waals surface area contributed by atoms with Crippen molar-refractivity contribution in [2.45, 2.75) is 57.3 Å². The molecule has 0 saturated heterocycles. The summed E-state index contributed by atoms with van der Waals surface area (Å²) < 4.78 is 127. The second kappa shape index (κ2) is 11.4. The lowest BCUT2D eigenvalue weighted by molar-refractivity contribution is -0.182. The number of methoxy groups -OCH3 is 1. The van der Waals surface area contributed by atoms with E-state index in [2.05, 4.69) is 15.0 Å². The normalized spacial score (nSPS) is 14.2. The minimum atomic E-state index is -5.35. The van der Waals surface area contributed by atoms with Crippen molar-refractivity contribution in [1.82, 2.24) is 29.6 Å². The van der Waals surface area contributed by atoms with Crippen molar-refractivity contribution in [3.8, 4) is 17.1 Å². The van der Waals surface area contributed by atoms with Gasteiger partial charge in [0.2, 0.25) is 0 Å². The lowest BCUT2D eigenvalue weighted by Crippen LogP contribution is -2.53. The van der Waals surface area contributed by atoms with E-state index in [1.54, 1.807) is 0 Å². The molecule has 3 heterocycles. The van der Waals surface area contributed by atoms with Gasteiger partial charge < -0.3 is 19.4 Å². The molecule has 8 nitrogen and oxygen atoms in total. The summed E-state index contributed by atoms with van der Waals surface area (Å²) >= 11 is 0. The van der Waals surface area contributed by atoms with Crippen LogP contribution in [0.5, 0.6) is 5.88 Å². The Kier molecular flexibility index (Phi) is 8.74. The summed E-state index contributed by atoms with van der Waals surface area (Å²) in [5.74, 6) is 0.0549. The molecule has 0 fully saturated rings. The molecule has 3 rings (SSSR count). The lowest BCUT2D eigenvalue weighted by Gasteiger charge is -2.34. The van der Waals surface area contributed by atoms with Gasteiger partial charge in [-0.15, -0.1) is 0 Å². The maximum atomic E-state index is 14.3. The third-order valence-electron chi connectivity index (χ3n) is 5.85. The molecule has 40 heavy (non-hydrogen) atoms. The standard InChI is InChI=1S/C23H23F9N6O2/c1-4-38(20(39)36-16(22(27,28)29)5-6-21(24,25)26)17(23(30,31)32)14-9-13(12(2)10-34-14)15-11-37-8-7-33-18(37)19(35-15)40-3/h7-11,16-17H,4-6H2,1-3H3,(H,36,39)/t16?,17-/m0/s1. The number of carbonyl (C=O) groups is 1. The number of fused-ring (bicyclic) bond motifs is 1. The van der Waals surface area contributed by atoms with E-state index in [1.165, 1.54) is 42.3 Å². The van der Waals surface area contributed by atoms with Crippen molar-refractivity contribution in [3.63, 3.8) is 0 Å². The van der Waals surface area contributed by atoms with Crippen LogP contribution in [0, 0.1) is 6.92 Å². The van der Waals surface area contributed by atoms with Crippen LogP contribution < -0.4 is 10.1 Å². The fourth-order valence-corrected chi connectivity index (χ4v) is 3.94. The van der Waals surface area contributed by atoms with E-state index in [1.807, 2.05) is 0 Å². The number of aryl methyl sites for hydroxylation is 1. The van der Waals surface area contributed by atoms with Crippen LogP contribution in [0.1, 0.15) is 37.1 Å². The largest absolute Gasteiger partial charge is 0.478 e. The van der Waals surface area contributed by atoms with Crippen LogP contribution in [0.4, 0.5) is 44.3 Å². The van der Waals surface area contributed by atoms with Crippen LogP contribution in [-0.4, -0.2) is 68.5 Å². The smallest absolute Gasteiger partial charge is 0.414 e. The monoisotopic (exact) mass is 586 g/mol. The Hall–Kier alpha value is -3.79. The van der Waals surface area contributed by atoms with Crippen LogP contribution >= 0.6 is 0 Å². The number of rotatable bonds is 8. The molecule has 0 saturated carbocycles. The quantitative estimate of drug-likeness (QED) is 0.327. The molecule has 0 aromatic carbocycles. The van der Waals surface area contributed by atoms with E-state index >= 15 is 0 Å². The van der Waals surface area contributed by atoms with Gasteiger partial charge in [-0.3, -0.25) is 4.98 Å². The number of alkyl halides is 9. The van der Waals surface area contributed by atoms with Crippen LogP contribution in [0.2, 0.25) is 0 Å². The SMILES string of the molecule is CCN(C(=O)NC(CCC(F)(F)F)C(F)(F)F)[C@@H](c1cc(-c2cn3ccnc3c(OC)n2)c(C)cn1)C(F)(F)F. The number of nitrogens with one attached hydrogen (secondary N) is 1. The fraction of sp³-hybridized carbons (Fsp3) is 0.478. The molecule has 2 amide bonds. The molecule has 0 spiro atoms. The number of imidazole rings is 1. The molecule has 0 aliphatic heterocycles. The second-order valence-electron chi connectivity index (χ2n) is 8.65. The predicted molar refractivity (Wildman–Crippen MR) is 122 cm³/mol. The molecule has 0 aliphatic rings. The van der Waals surface area contributed by atoms with Gasteiger partial charge in [-0.05, 0) is 31.9 Å². The van der Waals surface area contributed by atoms with Gasteiger partial charge in [0.15, 0.2) is 11.7 Å². The molecule has 0 radical (unpaired) electrons. The van der Waals surface area contributed by atoms with E-state index in [9.17, 15) is 44.3 Å². The zero-order valence-corrected chi connectivity index (χ0v) is 21.1. The average Bonchev–Trinajstić information content (AvgIpc) is 3.31. The van der Waals surface area contributed by atoms with Crippen LogP contribution in [0.3, 0.4) is 0 Å². The summed E-state index contributed by atoms with van der Waals surface area (Å²) in [5, 5.41) is 1.29. The number of aromatic nitrogens is 4. The van der Waals surface area contributed by atoms with Crippen molar-refractivity contribution in [2.24, 2.45) is 0 Å². The van der Waals surface area contributed by atoms with Gasteiger partial charge in [0.25, 0.3) is 5.88 Å². The zero-order chi connectivity index (χ0) is 30.0. The molecule has 17 heteroatoms. The van der Waals surface area contributed by atoms with Crippen molar-refractivity contribution in [2.75, 3.05) is 13.7 Å². The molecule has 2 atom stereocenters. The van der Waals surface area contributed by atoms with Gasteiger partial charge in [-0.25, -0.2) is 14.8 Å². The molecular weight excluding hydrogens is 563 g/mol. The summed E-state index contributed by atoms with van der Waals surface area (Å²) in [5.41, 5.74) is 0.222. The number of carbonyl (C=O) groups excluding carboxylic acids is 1. The van der Waals surface area contributed by atoms with E-state index in [0.29, 0.717) is 11.2 Å².